The van der Waals surface area contributed by atoms with Gasteiger partial charge in [0.05, 0.1) is 22.9 Å². The average Bonchev–Trinajstić information content (AvgIpc) is 2.74. The summed E-state index contributed by atoms with van der Waals surface area (Å²) in [4.78, 5) is 56.4. The van der Waals surface area contributed by atoms with E-state index < -0.39 is 22.9 Å². The Labute approximate surface area is 134 Å². The summed E-state index contributed by atoms with van der Waals surface area (Å²) in [6, 6.07) is -1.51. The van der Waals surface area contributed by atoms with Crippen LogP contribution in [-0.4, -0.2) is 82.7 Å². The molecule has 4 atom stereocenters. The molecule has 23 heavy (non-hydrogen) atoms. The highest BCUT2D eigenvalue weighted by Gasteiger charge is 2.82. The lowest BCUT2D eigenvalue weighted by Crippen LogP contribution is -2.90. The van der Waals surface area contributed by atoms with Gasteiger partial charge < -0.3 is 9.80 Å². The highest BCUT2D eigenvalue weighted by molar-refractivity contribution is 6.10. The summed E-state index contributed by atoms with van der Waals surface area (Å²) in [6.07, 6.45) is 0.640. The van der Waals surface area contributed by atoms with E-state index in [-0.39, 0.29) is 23.9 Å². The number of hydrogen-bond acceptors (Lipinski definition) is 4. The minimum atomic E-state index is -1.00. The quantitative estimate of drug-likeness (QED) is 0.626. The van der Waals surface area contributed by atoms with Crippen LogP contribution < -0.4 is 0 Å². The van der Waals surface area contributed by atoms with Gasteiger partial charge in [0.2, 0.25) is 11.8 Å². The number of carbonyl (C=O) groups excluding carboxylic acids is 4. The molecule has 0 spiro atoms. The fourth-order valence-electron chi connectivity index (χ4n) is 5.19. The first-order valence-corrected chi connectivity index (χ1v) is 7.86. The first kappa shape index (κ1) is 14.5. The lowest BCUT2D eigenvalue weighted by atomic mass is 9.42. The topological polar surface area (TPSA) is 81.2 Å². The van der Waals surface area contributed by atoms with Gasteiger partial charge in [-0.3, -0.25) is 19.4 Å². The number of amides is 6. The Kier molecular flexibility index (Phi) is 2.42. The SMILES string of the molecule is CN1C(=O)N2CCCN3C(=O)N(C)C(=O)C4(C)C3C2C4(C)C1=O. The molecule has 124 valence electrons. The average molecular weight is 320 g/mol. The lowest BCUT2D eigenvalue weighted by Gasteiger charge is -2.72. The zero-order valence-electron chi connectivity index (χ0n) is 13.7. The number of nitrogens with zero attached hydrogens (tertiary/aromatic N) is 4. The second-order valence-corrected chi connectivity index (χ2v) is 7.33. The number of fused-ring (bicyclic) bond motifs is 1. The summed E-state index contributed by atoms with van der Waals surface area (Å²) in [6.45, 7) is 4.50. The molecule has 3 aliphatic heterocycles. The van der Waals surface area contributed by atoms with Gasteiger partial charge in [-0.1, -0.05) is 0 Å². The summed E-state index contributed by atoms with van der Waals surface area (Å²) >= 11 is 0. The van der Waals surface area contributed by atoms with Crippen molar-refractivity contribution in [2.45, 2.75) is 32.4 Å². The minimum absolute atomic E-state index is 0.333. The molecule has 0 aromatic heterocycles. The van der Waals surface area contributed by atoms with Gasteiger partial charge >= 0.3 is 12.1 Å². The number of hydrogen-bond donors (Lipinski definition) is 0. The molecule has 0 bridgehead atoms. The fraction of sp³-hybridized carbons (Fsp3) is 0.733. The lowest BCUT2D eigenvalue weighted by molar-refractivity contribution is -0.223. The van der Waals surface area contributed by atoms with E-state index in [1.165, 1.54) is 14.1 Å². The van der Waals surface area contributed by atoms with Gasteiger partial charge in [-0.2, -0.15) is 0 Å². The molecule has 4 aliphatic rings. The molecule has 6 amide bonds. The van der Waals surface area contributed by atoms with Crippen molar-refractivity contribution >= 4 is 23.9 Å². The van der Waals surface area contributed by atoms with E-state index in [2.05, 4.69) is 0 Å². The Hall–Kier alpha value is -2.12. The maximum Gasteiger partial charge on any atom is 0.326 e. The zero-order chi connectivity index (χ0) is 16.9. The van der Waals surface area contributed by atoms with Crippen LogP contribution in [0.25, 0.3) is 0 Å². The van der Waals surface area contributed by atoms with Gasteiger partial charge in [-0.25, -0.2) is 9.59 Å². The van der Waals surface area contributed by atoms with Gasteiger partial charge in [0.25, 0.3) is 0 Å². The minimum Gasteiger partial charge on any atom is -0.318 e. The molecule has 3 saturated heterocycles. The van der Waals surface area contributed by atoms with Crippen LogP contribution in [0.5, 0.6) is 0 Å². The molecule has 1 saturated carbocycles. The van der Waals surface area contributed by atoms with Crippen LogP contribution >= 0.6 is 0 Å². The fourth-order valence-corrected chi connectivity index (χ4v) is 5.19. The van der Waals surface area contributed by atoms with Crippen molar-refractivity contribution in [3.8, 4) is 0 Å². The van der Waals surface area contributed by atoms with Crippen LogP contribution in [0.2, 0.25) is 0 Å². The van der Waals surface area contributed by atoms with Crippen LogP contribution in [0.1, 0.15) is 20.3 Å². The van der Waals surface area contributed by atoms with Gasteiger partial charge in [-0.15, -0.1) is 0 Å². The number of carbonyl (C=O) groups is 4. The highest BCUT2D eigenvalue weighted by atomic mass is 16.2. The van der Waals surface area contributed by atoms with Crippen LogP contribution in [0.4, 0.5) is 9.59 Å². The third-order valence-corrected chi connectivity index (χ3v) is 6.59. The monoisotopic (exact) mass is 320 g/mol. The second-order valence-electron chi connectivity index (χ2n) is 7.33. The van der Waals surface area contributed by atoms with E-state index in [9.17, 15) is 19.2 Å². The van der Waals surface area contributed by atoms with Crippen LogP contribution in [0.3, 0.4) is 0 Å². The Bertz CT molecular complexity index is 622. The predicted molar refractivity (Wildman–Crippen MR) is 78.2 cm³/mol. The van der Waals surface area contributed by atoms with Gasteiger partial charge in [-0.05, 0) is 20.3 Å². The van der Waals surface area contributed by atoms with Crippen molar-refractivity contribution in [2.75, 3.05) is 27.2 Å². The first-order chi connectivity index (χ1) is 10.7. The number of rotatable bonds is 0. The third kappa shape index (κ3) is 1.20. The summed E-state index contributed by atoms with van der Waals surface area (Å²) in [5, 5.41) is 0. The zero-order valence-corrected chi connectivity index (χ0v) is 13.7. The van der Waals surface area contributed by atoms with E-state index >= 15 is 0 Å². The molecule has 3 heterocycles. The van der Waals surface area contributed by atoms with E-state index in [0.717, 1.165) is 9.80 Å². The smallest absolute Gasteiger partial charge is 0.318 e. The van der Waals surface area contributed by atoms with Gasteiger partial charge in [0.1, 0.15) is 0 Å². The second kappa shape index (κ2) is 3.85. The van der Waals surface area contributed by atoms with Gasteiger partial charge in [0, 0.05) is 27.2 Å². The number of urea groups is 2. The molecule has 0 aromatic rings. The van der Waals surface area contributed by atoms with Crippen LogP contribution in [0.15, 0.2) is 0 Å². The molecule has 4 fully saturated rings. The summed E-state index contributed by atoms with van der Waals surface area (Å²) in [5.74, 6) is -0.666. The van der Waals surface area contributed by atoms with Crippen LogP contribution in [-0.2, 0) is 9.59 Å². The molecule has 0 radical (unpaired) electrons. The van der Waals surface area contributed by atoms with Crippen molar-refractivity contribution < 1.29 is 19.2 Å². The van der Waals surface area contributed by atoms with E-state index in [4.69, 9.17) is 0 Å². The summed E-state index contributed by atoms with van der Waals surface area (Å²) in [7, 11) is 2.93. The Morgan fingerprint density at radius 1 is 0.783 bits per heavy atom. The first-order valence-electron chi connectivity index (χ1n) is 7.86. The highest BCUT2D eigenvalue weighted by Crippen LogP contribution is 2.65. The molecule has 1 aliphatic carbocycles. The van der Waals surface area contributed by atoms with E-state index in [1.807, 2.05) is 0 Å². The Morgan fingerprint density at radius 2 is 1.13 bits per heavy atom. The summed E-state index contributed by atoms with van der Waals surface area (Å²) in [5.41, 5.74) is -2.01. The standard InChI is InChI=1S/C15H20N4O4/c1-14-8-9-15(14,2)11(21)17(4)13(23)19(9)7-5-6-18(8)12(22)16(3)10(14)20/h8-9H,5-7H2,1-4H3. The van der Waals surface area contributed by atoms with Crippen LogP contribution in [0, 0.1) is 10.8 Å². The van der Waals surface area contributed by atoms with Crippen molar-refractivity contribution in [1.29, 1.82) is 0 Å². The normalized spacial score (nSPS) is 42.6. The Balaban J connectivity index is 1.94. The third-order valence-electron chi connectivity index (χ3n) is 6.59. The molecule has 8 nitrogen and oxygen atoms in total. The maximum absolute atomic E-state index is 12.9. The molecular formula is C15H20N4O4. The molecule has 0 aromatic carbocycles. The van der Waals surface area contributed by atoms with Crippen molar-refractivity contribution in [2.24, 2.45) is 10.8 Å². The predicted octanol–water partition coefficient (Wildman–Crippen LogP) is -0.0585. The van der Waals surface area contributed by atoms with Crippen molar-refractivity contribution in [3.05, 3.63) is 0 Å². The molecule has 0 N–H and O–H groups in total. The molecule has 8 heteroatoms. The molecule has 4 unspecified atom stereocenters. The maximum atomic E-state index is 12.9. The van der Waals surface area contributed by atoms with Crippen molar-refractivity contribution in [1.82, 2.24) is 19.6 Å². The molecule has 4 rings (SSSR count). The van der Waals surface area contributed by atoms with E-state index in [0.29, 0.717) is 19.5 Å². The van der Waals surface area contributed by atoms with Crippen molar-refractivity contribution in [3.63, 3.8) is 0 Å². The van der Waals surface area contributed by atoms with Gasteiger partial charge in [0.15, 0.2) is 0 Å². The number of imide groups is 2. The largest absolute Gasteiger partial charge is 0.326 e. The van der Waals surface area contributed by atoms with E-state index in [1.54, 1.807) is 23.6 Å². The summed E-state index contributed by atoms with van der Waals surface area (Å²) < 4.78 is 0. The molecular weight excluding hydrogens is 300 g/mol. The Morgan fingerprint density at radius 3 is 1.48 bits per heavy atom.